The van der Waals surface area contributed by atoms with Gasteiger partial charge in [0.15, 0.2) is 5.78 Å². The highest BCUT2D eigenvalue weighted by atomic mass is 16.3. The molecule has 0 radical (unpaired) electrons. The van der Waals surface area contributed by atoms with E-state index in [0.29, 0.717) is 55.4 Å². The van der Waals surface area contributed by atoms with Crippen molar-refractivity contribution in [2.45, 2.75) is 13.5 Å². The number of piperazine rings is 1. The molecule has 3 N–H and O–H groups in total. The predicted octanol–water partition coefficient (Wildman–Crippen LogP) is 2.57. The third-order valence-electron chi connectivity index (χ3n) is 5.86. The summed E-state index contributed by atoms with van der Waals surface area (Å²) in [6.45, 7) is 4.48. The Kier molecular flexibility index (Phi) is 6.60. The number of carbonyl (C=O) groups is 3. The molecule has 3 aromatic rings. The predicted molar refractivity (Wildman–Crippen MR) is 123 cm³/mol. The second-order valence-corrected chi connectivity index (χ2v) is 8.04. The maximum Gasteiger partial charge on any atom is 0.321 e. The van der Waals surface area contributed by atoms with Crippen molar-refractivity contribution < 1.29 is 18.8 Å². The number of hydrogen-bond donors (Lipinski definition) is 2. The Morgan fingerprint density at radius 3 is 2.39 bits per heavy atom. The van der Waals surface area contributed by atoms with Crippen LogP contribution in [-0.4, -0.2) is 64.8 Å². The second kappa shape index (κ2) is 9.74. The summed E-state index contributed by atoms with van der Waals surface area (Å²) in [7, 11) is 0. The van der Waals surface area contributed by atoms with Gasteiger partial charge in [-0.2, -0.15) is 0 Å². The van der Waals surface area contributed by atoms with Crippen LogP contribution >= 0.6 is 0 Å². The fraction of sp³-hybridized carbons (Fsp3) is 0.292. The van der Waals surface area contributed by atoms with Crippen molar-refractivity contribution >= 4 is 23.4 Å². The third-order valence-corrected chi connectivity index (χ3v) is 5.86. The summed E-state index contributed by atoms with van der Waals surface area (Å²) in [6.07, 6.45) is 1.57. The Labute approximate surface area is 191 Å². The number of rotatable bonds is 7. The number of amides is 3. The van der Waals surface area contributed by atoms with Gasteiger partial charge in [-0.3, -0.25) is 14.5 Å². The minimum Gasteiger partial charge on any atom is -0.467 e. The van der Waals surface area contributed by atoms with Crippen LogP contribution in [0.3, 0.4) is 0 Å². The lowest BCUT2D eigenvalue weighted by molar-refractivity contribution is 0.0874. The van der Waals surface area contributed by atoms with Gasteiger partial charge in [0.1, 0.15) is 5.76 Å². The average Bonchev–Trinajstić information content (AvgIpc) is 3.43. The number of benzene rings is 1. The van der Waals surface area contributed by atoms with E-state index in [0.717, 1.165) is 5.69 Å². The summed E-state index contributed by atoms with van der Waals surface area (Å²) in [5.41, 5.74) is 7.63. The van der Waals surface area contributed by atoms with Gasteiger partial charge < -0.3 is 24.9 Å². The molecule has 0 unspecified atom stereocenters. The van der Waals surface area contributed by atoms with E-state index < -0.39 is 5.91 Å². The number of para-hydroxylation sites is 1. The molecule has 0 bridgehead atoms. The van der Waals surface area contributed by atoms with Gasteiger partial charge in [-0.05, 0) is 37.3 Å². The summed E-state index contributed by atoms with van der Waals surface area (Å²) in [5, 5.41) is 2.89. The van der Waals surface area contributed by atoms with E-state index in [-0.39, 0.29) is 18.4 Å². The van der Waals surface area contributed by atoms with Crippen molar-refractivity contribution in [3.8, 4) is 0 Å². The van der Waals surface area contributed by atoms with E-state index in [1.54, 1.807) is 34.8 Å². The quantitative estimate of drug-likeness (QED) is 0.538. The van der Waals surface area contributed by atoms with Crippen molar-refractivity contribution in [2.24, 2.45) is 5.73 Å². The highest BCUT2D eigenvalue weighted by Gasteiger charge is 2.26. The van der Waals surface area contributed by atoms with E-state index >= 15 is 0 Å². The first-order chi connectivity index (χ1) is 15.9. The normalized spacial score (nSPS) is 14.3. The van der Waals surface area contributed by atoms with Crippen LogP contribution in [0.5, 0.6) is 0 Å². The molecule has 3 heterocycles. The number of nitrogens with two attached hydrogens (primary N) is 1. The van der Waals surface area contributed by atoms with Crippen molar-refractivity contribution in [1.29, 1.82) is 0 Å². The Morgan fingerprint density at radius 2 is 1.76 bits per heavy atom. The number of ketones is 1. The first-order valence-electron chi connectivity index (χ1n) is 10.8. The van der Waals surface area contributed by atoms with Gasteiger partial charge in [0.05, 0.1) is 30.6 Å². The van der Waals surface area contributed by atoms with Gasteiger partial charge in [0, 0.05) is 37.6 Å². The number of furan rings is 1. The van der Waals surface area contributed by atoms with Gasteiger partial charge in [0.25, 0.3) is 5.91 Å². The lowest BCUT2D eigenvalue weighted by Crippen LogP contribution is -2.51. The second-order valence-electron chi connectivity index (χ2n) is 8.04. The Balaban J connectivity index is 1.39. The molecule has 172 valence electrons. The standard InChI is InChI=1S/C24H27N5O4/c1-17-20(23(25)31)14-21(29(17)15-19-8-5-13-33-19)22(30)16-27-9-11-28(12-10-27)24(32)26-18-6-3-2-4-7-18/h2-8,13-14H,9-12,15-16H2,1H3,(H2,25,31)(H,26,32). The highest BCUT2D eigenvalue weighted by molar-refractivity contribution is 6.01. The molecule has 0 aliphatic carbocycles. The van der Waals surface area contributed by atoms with Crippen LogP contribution in [0, 0.1) is 6.92 Å². The molecule has 1 fully saturated rings. The molecule has 1 aromatic carbocycles. The van der Waals surface area contributed by atoms with E-state index in [1.165, 1.54) is 0 Å². The summed E-state index contributed by atoms with van der Waals surface area (Å²) in [6, 6.07) is 14.3. The van der Waals surface area contributed by atoms with Crippen LogP contribution in [0.1, 0.15) is 32.3 Å². The number of Topliss-reactive ketones (excluding diaryl/α,β-unsaturated/α-hetero) is 1. The Morgan fingerprint density at radius 1 is 1.03 bits per heavy atom. The Hall–Kier alpha value is -3.85. The maximum absolute atomic E-state index is 13.2. The largest absolute Gasteiger partial charge is 0.467 e. The zero-order valence-electron chi connectivity index (χ0n) is 18.5. The van der Waals surface area contributed by atoms with Gasteiger partial charge in [0.2, 0.25) is 0 Å². The molecule has 9 nitrogen and oxygen atoms in total. The van der Waals surface area contributed by atoms with Gasteiger partial charge in [-0.25, -0.2) is 4.79 Å². The number of nitrogens with one attached hydrogen (secondary N) is 1. The smallest absolute Gasteiger partial charge is 0.321 e. The van der Waals surface area contributed by atoms with Crippen LogP contribution in [-0.2, 0) is 6.54 Å². The average molecular weight is 450 g/mol. The molecule has 3 amide bonds. The molecule has 1 aliphatic heterocycles. The maximum atomic E-state index is 13.2. The fourth-order valence-corrected chi connectivity index (χ4v) is 4.00. The molecule has 0 saturated carbocycles. The zero-order valence-corrected chi connectivity index (χ0v) is 18.5. The molecule has 1 saturated heterocycles. The number of aromatic nitrogens is 1. The van der Waals surface area contributed by atoms with E-state index in [1.807, 2.05) is 41.3 Å². The van der Waals surface area contributed by atoms with Crippen LogP contribution in [0.2, 0.25) is 0 Å². The molecule has 2 aromatic heterocycles. The highest BCUT2D eigenvalue weighted by Crippen LogP contribution is 2.19. The zero-order chi connectivity index (χ0) is 23.4. The topological polar surface area (TPSA) is 114 Å². The third kappa shape index (κ3) is 5.15. The lowest BCUT2D eigenvalue weighted by Gasteiger charge is -2.34. The first kappa shape index (κ1) is 22.3. The van der Waals surface area contributed by atoms with E-state index in [4.69, 9.17) is 10.2 Å². The van der Waals surface area contributed by atoms with Crippen molar-refractivity contribution in [3.63, 3.8) is 0 Å². The molecule has 9 heteroatoms. The number of nitrogens with zero attached hydrogens (tertiary/aromatic N) is 3. The number of hydrogen-bond acceptors (Lipinski definition) is 5. The van der Waals surface area contributed by atoms with Crippen LogP contribution in [0.15, 0.2) is 59.2 Å². The summed E-state index contributed by atoms with van der Waals surface area (Å²) < 4.78 is 7.19. The summed E-state index contributed by atoms with van der Waals surface area (Å²) >= 11 is 0. The Bertz CT molecular complexity index is 1130. The molecule has 0 atom stereocenters. The molecule has 1 aliphatic rings. The number of urea groups is 1. The first-order valence-corrected chi connectivity index (χ1v) is 10.8. The summed E-state index contributed by atoms with van der Waals surface area (Å²) in [5.74, 6) is -0.00561. The lowest BCUT2D eigenvalue weighted by atomic mass is 10.2. The van der Waals surface area contributed by atoms with Crippen LogP contribution < -0.4 is 11.1 Å². The van der Waals surface area contributed by atoms with Crippen molar-refractivity contribution in [1.82, 2.24) is 14.4 Å². The van der Waals surface area contributed by atoms with E-state index in [2.05, 4.69) is 5.32 Å². The number of primary amides is 1. The van der Waals surface area contributed by atoms with Crippen molar-refractivity contribution in [3.05, 3.63) is 77.5 Å². The van der Waals surface area contributed by atoms with Crippen LogP contribution in [0.25, 0.3) is 0 Å². The monoisotopic (exact) mass is 449 g/mol. The molecule has 33 heavy (non-hydrogen) atoms. The minimum atomic E-state index is -0.571. The molecular formula is C24H27N5O4. The molecule has 4 rings (SSSR count). The molecular weight excluding hydrogens is 422 g/mol. The minimum absolute atomic E-state index is 0.112. The van der Waals surface area contributed by atoms with Gasteiger partial charge in [-0.1, -0.05) is 18.2 Å². The van der Waals surface area contributed by atoms with Gasteiger partial charge in [-0.15, -0.1) is 0 Å². The van der Waals surface area contributed by atoms with Crippen LogP contribution in [0.4, 0.5) is 10.5 Å². The SMILES string of the molecule is Cc1c(C(N)=O)cc(C(=O)CN2CCN(C(=O)Nc3ccccc3)CC2)n1Cc1ccco1. The van der Waals surface area contributed by atoms with E-state index in [9.17, 15) is 14.4 Å². The summed E-state index contributed by atoms with van der Waals surface area (Å²) in [4.78, 5) is 41.3. The fourth-order valence-electron chi connectivity index (χ4n) is 4.00. The van der Waals surface area contributed by atoms with Gasteiger partial charge >= 0.3 is 6.03 Å². The molecule has 0 spiro atoms. The number of anilines is 1. The number of carbonyl (C=O) groups excluding carboxylic acids is 3. The van der Waals surface area contributed by atoms with Crippen molar-refractivity contribution in [2.75, 3.05) is 38.0 Å².